The number of carbonyl (C=O) groups is 1. The van der Waals surface area contributed by atoms with Crippen molar-refractivity contribution in [2.24, 2.45) is 11.3 Å². The summed E-state index contributed by atoms with van der Waals surface area (Å²) in [6.07, 6.45) is 3.01. The van der Waals surface area contributed by atoms with Gasteiger partial charge >= 0.3 is 7.82 Å². The van der Waals surface area contributed by atoms with Crippen molar-refractivity contribution in [2.45, 2.75) is 108 Å². The molecule has 3 fully saturated rings. The lowest BCUT2D eigenvalue weighted by molar-refractivity contribution is -0.280. The van der Waals surface area contributed by atoms with E-state index in [2.05, 4.69) is 37.0 Å². The topological polar surface area (TPSA) is 126 Å². The van der Waals surface area contributed by atoms with Crippen molar-refractivity contribution in [1.82, 2.24) is 4.98 Å². The van der Waals surface area contributed by atoms with E-state index < -0.39 is 47.8 Å². The molecule has 9 rings (SSSR count). The highest BCUT2D eigenvalue weighted by atomic mass is 31.2. The zero-order chi connectivity index (χ0) is 38.3. The SMILES string of the molecule is CC1(C)OC23CC[C@]4(C)[C@@]5(C)c6[nH]c7ccccc7c6C[C@@H]5C[C@H](OCCCOP(=O)(OCc5ccccc5)OCc5ccccc5)[C@@]4(O)C2=CC(=O)[C@@H]1O3. The average molecular weight is 768 g/mol. The van der Waals surface area contributed by atoms with E-state index in [1.54, 1.807) is 6.08 Å². The molecule has 1 unspecified atom stereocenters. The molecule has 3 heterocycles. The lowest BCUT2D eigenvalue weighted by Gasteiger charge is -2.67. The third-order valence-corrected chi connectivity index (χ3v) is 15.0. The lowest BCUT2D eigenvalue weighted by Crippen LogP contribution is -2.74. The van der Waals surface area contributed by atoms with Crippen LogP contribution < -0.4 is 0 Å². The number of H-pyrrole nitrogens is 1. The summed E-state index contributed by atoms with van der Waals surface area (Å²) in [7, 11) is -3.98. The van der Waals surface area contributed by atoms with Gasteiger partial charge in [-0.3, -0.25) is 18.4 Å². The number of aliphatic hydroxyl groups is 1. The Morgan fingerprint density at radius 3 is 2.20 bits per heavy atom. The first-order valence-corrected chi connectivity index (χ1v) is 21.0. The highest BCUT2D eigenvalue weighted by molar-refractivity contribution is 7.48. The number of para-hydroxylation sites is 1. The molecule has 10 nitrogen and oxygen atoms in total. The average Bonchev–Trinajstić information content (AvgIpc) is 3.77. The van der Waals surface area contributed by atoms with Gasteiger partial charge in [-0.15, -0.1) is 0 Å². The number of nitrogens with one attached hydrogen (secondary N) is 1. The molecule has 7 atom stereocenters. The van der Waals surface area contributed by atoms with Crippen LogP contribution in [0.4, 0.5) is 0 Å². The van der Waals surface area contributed by atoms with Crippen molar-refractivity contribution >= 4 is 24.5 Å². The number of phosphoric ester groups is 1. The second kappa shape index (κ2) is 13.3. The smallest absolute Gasteiger partial charge is 0.382 e. The molecule has 2 bridgehead atoms. The third kappa shape index (κ3) is 5.71. The van der Waals surface area contributed by atoms with E-state index in [0.29, 0.717) is 31.3 Å². The molecule has 5 aliphatic rings. The van der Waals surface area contributed by atoms with Crippen LogP contribution in [0.15, 0.2) is 96.6 Å². The maximum absolute atomic E-state index is 13.9. The van der Waals surface area contributed by atoms with Gasteiger partial charge in [0.25, 0.3) is 0 Å². The highest BCUT2D eigenvalue weighted by Gasteiger charge is 2.78. The Morgan fingerprint density at radius 2 is 1.51 bits per heavy atom. The van der Waals surface area contributed by atoms with E-state index in [4.69, 9.17) is 27.8 Å². The van der Waals surface area contributed by atoms with Gasteiger partial charge < -0.3 is 24.3 Å². The molecule has 55 heavy (non-hydrogen) atoms. The zero-order valence-electron chi connectivity index (χ0n) is 31.9. The minimum Gasteiger partial charge on any atom is -0.382 e. The van der Waals surface area contributed by atoms with Crippen molar-refractivity contribution in [3.8, 4) is 0 Å². The number of aromatic amines is 1. The van der Waals surface area contributed by atoms with Crippen LogP contribution in [0.25, 0.3) is 10.9 Å². The largest absolute Gasteiger partial charge is 0.475 e. The number of ether oxygens (including phenoxy) is 3. The second-order valence-electron chi connectivity index (χ2n) is 16.9. The van der Waals surface area contributed by atoms with Gasteiger partial charge in [-0.05, 0) is 74.3 Å². The predicted octanol–water partition coefficient (Wildman–Crippen LogP) is 8.27. The molecule has 2 N–H and O–H groups in total. The van der Waals surface area contributed by atoms with Gasteiger partial charge in [-0.25, -0.2) is 4.57 Å². The Hall–Kier alpha value is -3.44. The molecule has 1 aromatic heterocycles. The monoisotopic (exact) mass is 767 g/mol. The molecule has 0 amide bonds. The summed E-state index contributed by atoms with van der Waals surface area (Å²) in [6.45, 7) is 8.56. The third-order valence-electron chi connectivity index (χ3n) is 13.6. The minimum atomic E-state index is -3.98. The Labute approximate surface area is 322 Å². The highest BCUT2D eigenvalue weighted by Crippen LogP contribution is 2.72. The quantitative estimate of drug-likeness (QED) is 0.108. The minimum absolute atomic E-state index is 0.0359. The molecule has 4 aromatic rings. The van der Waals surface area contributed by atoms with E-state index in [1.165, 1.54) is 10.9 Å². The molecule has 3 aliphatic carbocycles. The fourth-order valence-corrected chi connectivity index (χ4v) is 11.8. The summed E-state index contributed by atoms with van der Waals surface area (Å²) in [5.74, 6) is -1.28. The van der Waals surface area contributed by atoms with Crippen LogP contribution in [0, 0.1) is 11.3 Å². The molecule has 2 aliphatic heterocycles. The summed E-state index contributed by atoms with van der Waals surface area (Å²) in [4.78, 5) is 17.5. The van der Waals surface area contributed by atoms with Crippen molar-refractivity contribution < 1.29 is 42.2 Å². The number of benzene rings is 3. The van der Waals surface area contributed by atoms with Crippen molar-refractivity contribution in [3.63, 3.8) is 0 Å². The number of fused-ring (bicyclic) bond motifs is 9. The first-order valence-electron chi connectivity index (χ1n) is 19.5. The number of phosphoric acid groups is 1. The molecule has 3 aromatic carbocycles. The molecular formula is C44H50NO9P. The van der Waals surface area contributed by atoms with Crippen LogP contribution in [0.3, 0.4) is 0 Å². The van der Waals surface area contributed by atoms with Crippen molar-refractivity contribution in [2.75, 3.05) is 13.2 Å². The Bertz CT molecular complexity index is 2140. The maximum atomic E-state index is 13.9. The van der Waals surface area contributed by atoms with Gasteiger partial charge in [-0.1, -0.05) is 92.7 Å². The fraction of sp³-hybridized carbons (Fsp3) is 0.477. The number of aromatic nitrogens is 1. The van der Waals surface area contributed by atoms with Crippen LogP contribution in [-0.2, 0) is 62.2 Å². The molecule has 2 saturated carbocycles. The molecular weight excluding hydrogens is 717 g/mol. The van der Waals surface area contributed by atoms with E-state index in [1.807, 2.05) is 80.6 Å². The van der Waals surface area contributed by atoms with Crippen LogP contribution in [0.2, 0.25) is 0 Å². The molecule has 11 heteroatoms. The molecule has 290 valence electrons. The summed E-state index contributed by atoms with van der Waals surface area (Å²) in [6, 6.07) is 27.3. The molecule has 0 radical (unpaired) electrons. The normalized spacial score (nSPS) is 33.1. The van der Waals surface area contributed by atoms with Gasteiger partial charge in [0, 0.05) is 46.0 Å². The van der Waals surface area contributed by atoms with Crippen molar-refractivity contribution in [3.05, 3.63) is 119 Å². The Morgan fingerprint density at radius 1 is 0.855 bits per heavy atom. The van der Waals surface area contributed by atoms with Gasteiger partial charge in [0.2, 0.25) is 0 Å². The Balaban J connectivity index is 0.981. The van der Waals surface area contributed by atoms with Gasteiger partial charge in [0.15, 0.2) is 17.7 Å². The van der Waals surface area contributed by atoms with E-state index in [9.17, 15) is 14.5 Å². The molecule has 1 spiro atoms. The Kier molecular flexibility index (Phi) is 9.00. The molecule has 1 saturated heterocycles. The van der Waals surface area contributed by atoms with E-state index in [-0.39, 0.29) is 38.1 Å². The van der Waals surface area contributed by atoms with Crippen LogP contribution in [0.1, 0.15) is 75.8 Å². The summed E-state index contributed by atoms with van der Waals surface area (Å²) in [5, 5.41) is 14.8. The number of ketones is 1. The second-order valence-corrected chi connectivity index (χ2v) is 18.6. The van der Waals surface area contributed by atoms with Gasteiger partial charge in [-0.2, -0.15) is 0 Å². The summed E-state index contributed by atoms with van der Waals surface area (Å²) in [5.41, 5.74) is 1.94. The lowest BCUT2D eigenvalue weighted by atomic mass is 9.41. The first-order chi connectivity index (χ1) is 26.3. The predicted molar refractivity (Wildman–Crippen MR) is 206 cm³/mol. The zero-order valence-corrected chi connectivity index (χ0v) is 32.8. The maximum Gasteiger partial charge on any atom is 0.475 e. The number of rotatable bonds is 12. The standard InChI is InChI=1S/C44H50NO9P/c1-40(2)39-35(46)26-36-43(53-39,54-40)21-20-41(3)42(4)31(24-33-32-18-11-12-19-34(32)45-38(33)42)25-37(44(36,41)47)49-22-13-23-50-55(48,51-27-29-14-7-5-8-15-29)52-28-30-16-9-6-10-17-30/h5-12,14-19,26,31,37,39,45,47H,13,20-25,27-28H2,1-4H3/t31-,37+,39+,41-,42-,43?,44+/m1/s1. The van der Waals surface area contributed by atoms with Gasteiger partial charge in [0.05, 0.1) is 25.9 Å². The first kappa shape index (κ1) is 37.2. The summed E-state index contributed by atoms with van der Waals surface area (Å²) < 4.78 is 51.5. The van der Waals surface area contributed by atoms with E-state index >= 15 is 0 Å². The summed E-state index contributed by atoms with van der Waals surface area (Å²) >= 11 is 0. The number of hydrogen-bond acceptors (Lipinski definition) is 9. The van der Waals surface area contributed by atoms with Gasteiger partial charge in [0.1, 0.15) is 11.2 Å². The number of hydrogen-bond donors (Lipinski definition) is 2. The van der Waals surface area contributed by atoms with Crippen LogP contribution in [0.5, 0.6) is 0 Å². The van der Waals surface area contributed by atoms with Crippen LogP contribution >= 0.6 is 7.82 Å². The van der Waals surface area contributed by atoms with Crippen LogP contribution in [-0.4, -0.2) is 58.3 Å². The number of carbonyl (C=O) groups excluding carboxylic acids is 1. The van der Waals surface area contributed by atoms with E-state index in [0.717, 1.165) is 28.8 Å². The van der Waals surface area contributed by atoms with Crippen molar-refractivity contribution in [1.29, 1.82) is 0 Å². The fourth-order valence-electron chi connectivity index (χ4n) is 10.6.